The molecule has 9 nitrogen and oxygen atoms in total. The highest BCUT2D eigenvalue weighted by molar-refractivity contribution is 7.86. The summed E-state index contributed by atoms with van der Waals surface area (Å²) in [4.78, 5) is -0.339. The smallest absolute Gasteiger partial charge is 0.295 e. The maximum atomic E-state index is 11.8. The van der Waals surface area contributed by atoms with Crippen molar-refractivity contribution in [1.82, 2.24) is 0 Å². The van der Waals surface area contributed by atoms with Crippen molar-refractivity contribution in [2.45, 2.75) is 4.90 Å². The van der Waals surface area contributed by atoms with Crippen molar-refractivity contribution in [3.05, 3.63) is 60.2 Å². The molecule has 3 aromatic carbocycles. The molecule has 0 amide bonds. The van der Waals surface area contributed by atoms with Gasteiger partial charge in [-0.25, -0.2) is 0 Å². The van der Waals surface area contributed by atoms with Gasteiger partial charge in [-0.15, -0.1) is 10.2 Å². The summed E-state index contributed by atoms with van der Waals surface area (Å²) >= 11 is 0. The third-order valence-corrected chi connectivity index (χ3v) is 4.54. The van der Waals surface area contributed by atoms with Crippen molar-refractivity contribution in [3.8, 4) is 6.07 Å². The topological polar surface area (TPSA) is 154 Å². The molecule has 3 aromatic rings. The van der Waals surface area contributed by atoms with Gasteiger partial charge in [-0.2, -0.15) is 18.8 Å². The van der Waals surface area contributed by atoms with Gasteiger partial charge in [0.05, 0.1) is 17.3 Å². The van der Waals surface area contributed by atoms with Crippen molar-refractivity contribution in [1.29, 1.82) is 5.26 Å². The van der Waals surface area contributed by atoms with Crippen molar-refractivity contribution in [3.63, 3.8) is 0 Å². The lowest BCUT2D eigenvalue weighted by Crippen LogP contribution is -1.99. The molecule has 27 heavy (non-hydrogen) atoms. The Morgan fingerprint density at radius 3 is 2.37 bits per heavy atom. The zero-order valence-electron chi connectivity index (χ0n) is 13.7. The first-order valence-electron chi connectivity index (χ1n) is 7.50. The molecule has 0 spiro atoms. The highest BCUT2D eigenvalue weighted by atomic mass is 32.2. The molecule has 134 valence electrons. The van der Waals surface area contributed by atoms with Gasteiger partial charge in [0, 0.05) is 10.8 Å². The molecule has 0 aliphatic carbocycles. The van der Waals surface area contributed by atoms with Crippen molar-refractivity contribution in [2.75, 3.05) is 0 Å². The van der Waals surface area contributed by atoms with Gasteiger partial charge >= 0.3 is 0 Å². The number of fused-ring (bicyclic) bond motifs is 1. The van der Waals surface area contributed by atoms with Crippen molar-refractivity contribution >= 4 is 38.0 Å². The number of nitrogens with zero attached hydrogens (tertiary/aromatic N) is 5. The SMILES string of the molecule is N#Cc1cccc(/N=N/c2cc(S(=O)(=O)O)c3ccccc3c2N=NN)c1. The van der Waals surface area contributed by atoms with E-state index >= 15 is 0 Å². The molecule has 3 rings (SSSR count). The minimum absolute atomic E-state index is 0.0397. The normalized spacial score (nSPS) is 12.0. The summed E-state index contributed by atoms with van der Waals surface area (Å²) in [6, 6.07) is 15.9. The summed E-state index contributed by atoms with van der Waals surface area (Å²) in [6.45, 7) is 0. The molecule has 0 radical (unpaired) electrons. The Kier molecular flexibility index (Phi) is 4.89. The van der Waals surface area contributed by atoms with E-state index in [2.05, 4.69) is 20.6 Å². The van der Waals surface area contributed by atoms with Crippen LogP contribution in [0.3, 0.4) is 0 Å². The zero-order valence-corrected chi connectivity index (χ0v) is 14.5. The number of benzene rings is 3. The standard InChI is InChI=1S/C17H12N6O3S/c18-10-11-4-3-5-12(8-11)20-21-15-9-16(27(24,25)26)13-6-1-2-7-14(13)17(15)22-23-19/h1-9H,(H2,19,22)(H,24,25,26)/b21-20+. The summed E-state index contributed by atoms with van der Waals surface area (Å²) < 4.78 is 33.2. The van der Waals surface area contributed by atoms with Gasteiger partial charge < -0.3 is 5.84 Å². The van der Waals surface area contributed by atoms with Crippen LogP contribution in [0.15, 0.2) is 80.1 Å². The molecule has 0 saturated heterocycles. The quantitative estimate of drug-likeness (QED) is 0.298. The van der Waals surface area contributed by atoms with E-state index in [0.717, 1.165) is 6.07 Å². The van der Waals surface area contributed by atoms with Gasteiger partial charge in [0.15, 0.2) is 0 Å². The Labute approximate surface area is 154 Å². The van der Waals surface area contributed by atoms with Crippen molar-refractivity contribution < 1.29 is 13.0 Å². The number of azo groups is 1. The van der Waals surface area contributed by atoms with Crippen LogP contribution in [-0.4, -0.2) is 13.0 Å². The molecule has 0 heterocycles. The predicted molar refractivity (Wildman–Crippen MR) is 97.8 cm³/mol. The molecule has 0 atom stereocenters. The van der Waals surface area contributed by atoms with Crippen LogP contribution in [0.1, 0.15) is 5.56 Å². The second kappa shape index (κ2) is 7.28. The number of hydrogen-bond acceptors (Lipinski definition) is 7. The van der Waals surface area contributed by atoms with E-state index in [1.807, 2.05) is 6.07 Å². The molecule has 0 fully saturated rings. The largest absolute Gasteiger partial charge is 0.305 e. The van der Waals surface area contributed by atoms with Crippen LogP contribution in [0.2, 0.25) is 0 Å². The summed E-state index contributed by atoms with van der Waals surface area (Å²) in [6.07, 6.45) is 0. The van der Waals surface area contributed by atoms with Crippen LogP contribution in [0.25, 0.3) is 10.8 Å². The molecule has 0 aromatic heterocycles. The van der Waals surface area contributed by atoms with E-state index in [1.165, 1.54) is 12.1 Å². The van der Waals surface area contributed by atoms with Gasteiger partial charge in [0.25, 0.3) is 10.1 Å². The Morgan fingerprint density at radius 1 is 0.963 bits per heavy atom. The molecular formula is C17H12N6O3S. The average Bonchev–Trinajstić information content (AvgIpc) is 2.66. The van der Waals surface area contributed by atoms with E-state index in [9.17, 15) is 13.0 Å². The molecule has 0 aliphatic rings. The molecule has 0 aliphatic heterocycles. The molecular weight excluding hydrogens is 368 g/mol. The fourth-order valence-electron chi connectivity index (χ4n) is 2.51. The van der Waals surface area contributed by atoms with Gasteiger partial charge in [-0.1, -0.05) is 35.6 Å². The van der Waals surface area contributed by atoms with E-state index in [4.69, 9.17) is 11.1 Å². The molecule has 0 saturated carbocycles. The molecule has 10 heteroatoms. The number of nitrogens with two attached hydrogens (primary N) is 1. The molecule has 3 N–H and O–H groups in total. The van der Waals surface area contributed by atoms with Gasteiger partial charge in [0.1, 0.15) is 16.3 Å². The van der Waals surface area contributed by atoms with Gasteiger partial charge in [0.2, 0.25) is 0 Å². The molecule has 0 bridgehead atoms. The van der Waals surface area contributed by atoms with Gasteiger partial charge in [-0.3, -0.25) is 4.55 Å². The maximum Gasteiger partial charge on any atom is 0.295 e. The van der Waals surface area contributed by atoms with Crippen LogP contribution in [0, 0.1) is 11.3 Å². The van der Waals surface area contributed by atoms with E-state index in [0.29, 0.717) is 16.6 Å². The number of rotatable bonds is 4. The van der Waals surface area contributed by atoms with Crippen molar-refractivity contribution in [2.24, 2.45) is 26.4 Å². The number of hydrogen-bond donors (Lipinski definition) is 2. The fraction of sp³-hybridized carbons (Fsp3) is 0. The highest BCUT2D eigenvalue weighted by Crippen LogP contribution is 2.40. The third kappa shape index (κ3) is 3.79. The first kappa shape index (κ1) is 18.1. The van der Waals surface area contributed by atoms with Crippen LogP contribution in [0.5, 0.6) is 0 Å². The predicted octanol–water partition coefficient (Wildman–Crippen LogP) is 4.33. The first-order chi connectivity index (χ1) is 12.9. The summed E-state index contributed by atoms with van der Waals surface area (Å²) in [5.41, 5.74) is 1.01. The maximum absolute atomic E-state index is 11.8. The van der Waals surface area contributed by atoms with E-state index in [1.54, 1.807) is 36.4 Å². The number of nitriles is 1. The van der Waals surface area contributed by atoms with Crippen LogP contribution < -0.4 is 5.84 Å². The lowest BCUT2D eigenvalue weighted by molar-refractivity contribution is 0.484. The Bertz CT molecular complexity index is 1230. The monoisotopic (exact) mass is 380 g/mol. The second-order valence-corrected chi connectivity index (χ2v) is 6.73. The summed E-state index contributed by atoms with van der Waals surface area (Å²) in [7, 11) is -4.53. The first-order valence-corrected chi connectivity index (χ1v) is 8.94. The third-order valence-electron chi connectivity index (χ3n) is 3.64. The Hall–Kier alpha value is -3.68. The highest BCUT2D eigenvalue weighted by Gasteiger charge is 2.19. The van der Waals surface area contributed by atoms with Crippen LogP contribution in [-0.2, 0) is 10.1 Å². The minimum atomic E-state index is -4.53. The van der Waals surface area contributed by atoms with Crippen LogP contribution in [0.4, 0.5) is 17.1 Å². The summed E-state index contributed by atoms with van der Waals surface area (Å²) in [5, 5.41) is 24.7. The summed E-state index contributed by atoms with van der Waals surface area (Å²) in [5.74, 6) is 5.17. The lowest BCUT2D eigenvalue weighted by atomic mass is 10.1. The van der Waals surface area contributed by atoms with Gasteiger partial charge in [-0.05, 0) is 24.3 Å². The fourth-order valence-corrected chi connectivity index (χ4v) is 3.23. The molecule has 0 unspecified atom stereocenters. The van der Waals surface area contributed by atoms with Crippen LogP contribution >= 0.6 is 0 Å². The lowest BCUT2D eigenvalue weighted by Gasteiger charge is -2.08. The Balaban J connectivity index is 2.26. The Morgan fingerprint density at radius 2 is 1.70 bits per heavy atom. The second-order valence-electron chi connectivity index (χ2n) is 5.34. The average molecular weight is 380 g/mol. The minimum Gasteiger partial charge on any atom is -0.305 e. The van der Waals surface area contributed by atoms with E-state index < -0.39 is 10.1 Å². The van der Waals surface area contributed by atoms with E-state index in [-0.39, 0.29) is 21.7 Å². The zero-order chi connectivity index (χ0) is 19.4.